The molecule has 0 fully saturated rings. The summed E-state index contributed by atoms with van der Waals surface area (Å²) in [6, 6.07) is 7.70. The van der Waals surface area contributed by atoms with E-state index >= 15 is 0 Å². The van der Waals surface area contributed by atoms with Crippen molar-refractivity contribution in [1.29, 1.82) is 0 Å². The number of nitrogens with one attached hydrogen (secondary N) is 1. The van der Waals surface area contributed by atoms with E-state index in [9.17, 15) is 18.0 Å². The molecule has 25 heavy (non-hydrogen) atoms. The predicted octanol–water partition coefficient (Wildman–Crippen LogP) is 4.15. The van der Waals surface area contributed by atoms with Crippen molar-refractivity contribution < 1.29 is 18.0 Å². The number of hydrogen-bond acceptors (Lipinski definition) is 4. The number of rotatable bonds is 4. The Morgan fingerprint density at radius 1 is 1.16 bits per heavy atom. The lowest BCUT2D eigenvalue weighted by molar-refractivity contribution is -0.141. The van der Waals surface area contributed by atoms with Gasteiger partial charge in [0.2, 0.25) is 0 Å². The second-order valence-corrected chi connectivity index (χ2v) is 6.12. The molecule has 0 bridgehead atoms. The molecule has 0 aliphatic carbocycles. The zero-order chi connectivity index (χ0) is 17.9. The Morgan fingerprint density at radius 2 is 2.00 bits per heavy atom. The number of nitrogens with zero attached hydrogens (tertiary/aromatic N) is 2. The van der Waals surface area contributed by atoms with Crippen molar-refractivity contribution in [2.24, 2.45) is 0 Å². The minimum atomic E-state index is -4.52. The molecular weight excluding hydrogens is 351 g/mol. The Balaban J connectivity index is 1.65. The van der Waals surface area contributed by atoms with E-state index in [1.807, 2.05) is 23.6 Å². The van der Waals surface area contributed by atoms with E-state index < -0.39 is 17.8 Å². The van der Waals surface area contributed by atoms with E-state index in [4.69, 9.17) is 0 Å². The summed E-state index contributed by atoms with van der Waals surface area (Å²) >= 11 is 1.58. The molecular formula is C17H12F3N3OS. The molecule has 1 amide bonds. The van der Waals surface area contributed by atoms with Gasteiger partial charge in [0.05, 0.1) is 5.56 Å². The van der Waals surface area contributed by atoms with Gasteiger partial charge in [-0.25, -0.2) is 0 Å². The molecule has 0 unspecified atom stereocenters. The van der Waals surface area contributed by atoms with Crippen molar-refractivity contribution in [2.45, 2.75) is 12.7 Å². The average molecular weight is 363 g/mol. The molecule has 8 heteroatoms. The van der Waals surface area contributed by atoms with Gasteiger partial charge in [0, 0.05) is 35.6 Å². The second-order valence-electron chi connectivity index (χ2n) is 5.17. The topological polar surface area (TPSA) is 54.9 Å². The van der Waals surface area contributed by atoms with Crippen LogP contribution >= 0.6 is 11.3 Å². The number of amides is 1. The fourth-order valence-corrected chi connectivity index (χ4v) is 2.85. The van der Waals surface area contributed by atoms with E-state index in [0.717, 1.165) is 34.3 Å². The van der Waals surface area contributed by atoms with Crippen molar-refractivity contribution >= 4 is 17.2 Å². The van der Waals surface area contributed by atoms with Gasteiger partial charge in [-0.1, -0.05) is 6.07 Å². The Hall–Kier alpha value is -2.74. The lowest BCUT2D eigenvalue weighted by atomic mass is 10.1. The third kappa shape index (κ3) is 4.21. The molecule has 0 aliphatic heterocycles. The largest absolute Gasteiger partial charge is 0.433 e. The van der Waals surface area contributed by atoms with Gasteiger partial charge in [-0.15, -0.1) is 11.3 Å². The molecule has 0 spiro atoms. The minimum absolute atomic E-state index is 0.0652. The summed E-state index contributed by atoms with van der Waals surface area (Å²) in [5, 5.41) is 4.61. The van der Waals surface area contributed by atoms with E-state index in [0.29, 0.717) is 0 Å². The zero-order valence-electron chi connectivity index (χ0n) is 12.7. The van der Waals surface area contributed by atoms with Gasteiger partial charge in [-0.3, -0.25) is 14.8 Å². The Bertz CT molecular complexity index is 862. The van der Waals surface area contributed by atoms with Gasteiger partial charge in [-0.05, 0) is 35.2 Å². The summed E-state index contributed by atoms with van der Waals surface area (Å²) in [6.45, 7) is 0.214. The minimum Gasteiger partial charge on any atom is -0.348 e. The summed E-state index contributed by atoms with van der Waals surface area (Å²) < 4.78 is 37.4. The van der Waals surface area contributed by atoms with Crippen LogP contribution in [0.4, 0.5) is 13.2 Å². The number of halogens is 3. The third-order valence-corrected chi connectivity index (χ3v) is 4.29. The van der Waals surface area contributed by atoms with Crippen LogP contribution in [0.1, 0.15) is 21.6 Å². The maximum absolute atomic E-state index is 12.5. The number of carbonyl (C=O) groups excluding carboxylic acids is 1. The van der Waals surface area contributed by atoms with Gasteiger partial charge >= 0.3 is 6.18 Å². The normalized spacial score (nSPS) is 11.3. The smallest absolute Gasteiger partial charge is 0.348 e. The SMILES string of the molecule is O=C(NCc1cncc(-c2cccs2)c1)c1ccc(C(F)(F)F)nc1. The molecule has 0 aliphatic rings. The van der Waals surface area contributed by atoms with Gasteiger partial charge in [0.15, 0.2) is 0 Å². The Morgan fingerprint density at radius 3 is 2.64 bits per heavy atom. The highest BCUT2D eigenvalue weighted by Gasteiger charge is 2.32. The average Bonchev–Trinajstić information content (AvgIpc) is 3.14. The molecule has 0 radical (unpaired) electrons. The van der Waals surface area contributed by atoms with Gasteiger partial charge in [-0.2, -0.15) is 13.2 Å². The van der Waals surface area contributed by atoms with E-state index in [1.165, 1.54) is 0 Å². The summed E-state index contributed by atoms with van der Waals surface area (Å²) in [6.07, 6.45) is -0.249. The van der Waals surface area contributed by atoms with Crippen LogP contribution < -0.4 is 5.32 Å². The van der Waals surface area contributed by atoms with E-state index in [-0.39, 0.29) is 12.1 Å². The van der Waals surface area contributed by atoms with Gasteiger partial charge in [0.1, 0.15) is 5.69 Å². The first kappa shape index (κ1) is 17.1. The molecule has 3 rings (SSSR count). The zero-order valence-corrected chi connectivity index (χ0v) is 13.6. The fraction of sp³-hybridized carbons (Fsp3) is 0.118. The molecule has 3 aromatic heterocycles. The predicted molar refractivity (Wildman–Crippen MR) is 88.0 cm³/mol. The van der Waals surface area contributed by atoms with Crippen molar-refractivity contribution in [2.75, 3.05) is 0 Å². The summed E-state index contributed by atoms with van der Waals surface area (Å²) in [4.78, 5) is 20.5. The molecule has 0 aromatic carbocycles. The van der Waals surface area contributed by atoms with Crippen molar-refractivity contribution in [1.82, 2.24) is 15.3 Å². The molecule has 128 valence electrons. The summed E-state index contributed by atoms with van der Waals surface area (Å²) in [5.41, 5.74) is 0.768. The Labute approximate surface area is 145 Å². The first-order chi connectivity index (χ1) is 11.9. The highest BCUT2D eigenvalue weighted by Crippen LogP contribution is 2.27. The molecule has 4 nitrogen and oxygen atoms in total. The number of hydrogen-bond donors (Lipinski definition) is 1. The van der Waals surface area contributed by atoms with Crippen molar-refractivity contribution in [3.63, 3.8) is 0 Å². The van der Waals surface area contributed by atoms with Crippen molar-refractivity contribution in [3.05, 3.63) is 71.1 Å². The first-order valence-electron chi connectivity index (χ1n) is 7.23. The van der Waals surface area contributed by atoms with Crippen LogP contribution in [0, 0.1) is 0 Å². The van der Waals surface area contributed by atoms with Gasteiger partial charge < -0.3 is 5.32 Å². The van der Waals surface area contributed by atoms with E-state index in [2.05, 4.69) is 15.3 Å². The number of thiophene rings is 1. The standard InChI is InChI=1S/C17H12F3N3OS/c18-17(19,20)15-4-3-12(10-22-15)16(24)23-8-11-6-13(9-21-7-11)14-2-1-5-25-14/h1-7,9-10H,8H2,(H,23,24). The van der Waals surface area contributed by atoms with Crippen LogP contribution in [0.25, 0.3) is 10.4 Å². The molecule has 3 aromatic rings. The number of pyridine rings is 2. The van der Waals surface area contributed by atoms with Crippen LogP contribution in [0.15, 0.2) is 54.3 Å². The number of aromatic nitrogens is 2. The molecule has 0 atom stereocenters. The number of alkyl halides is 3. The second kappa shape index (κ2) is 7.02. The maximum atomic E-state index is 12.5. The third-order valence-electron chi connectivity index (χ3n) is 3.37. The lowest BCUT2D eigenvalue weighted by Gasteiger charge is -2.08. The van der Waals surface area contributed by atoms with Crippen LogP contribution in [-0.4, -0.2) is 15.9 Å². The molecule has 3 heterocycles. The first-order valence-corrected chi connectivity index (χ1v) is 8.11. The highest BCUT2D eigenvalue weighted by atomic mass is 32.1. The maximum Gasteiger partial charge on any atom is 0.433 e. The molecule has 0 saturated carbocycles. The van der Waals surface area contributed by atoms with Gasteiger partial charge in [0.25, 0.3) is 5.91 Å². The fourth-order valence-electron chi connectivity index (χ4n) is 2.14. The summed E-state index contributed by atoms with van der Waals surface area (Å²) in [7, 11) is 0. The van der Waals surface area contributed by atoms with Crippen LogP contribution in [-0.2, 0) is 12.7 Å². The molecule has 0 saturated heterocycles. The number of carbonyl (C=O) groups is 1. The quantitative estimate of drug-likeness (QED) is 0.757. The molecule has 1 N–H and O–H groups in total. The highest BCUT2D eigenvalue weighted by molar-refractivity contribution is 7.13. The van der Waals surface area contributed by atoms with Crippen molar-refractivity contribution in [3.8, 4) is 10.4 Å². The van der Waals surface area contributed by atoms with Crippen LogP contribution in [0.3, 0.4) is 0 Å². The lowest BCUT2D eigenvalue weighted by Crippen LogP contribution is -2.23. The van der Waals surface area contributed by atoms with E-state index in [1.54, 1.807) is 23.7 Å². The van der Waals surface area contributed by atoms with Crippen LogP contribution in [0.5, 0.6) is 0 Å². The van der Waals surface area contributed by atoms with Crippen LogP contribution in [0.2, 0.25) is 0 Å². The Kier molecular flexibility index (Phi) is 4.80. The summed E-state index contributed by atoms with van der Waals surface area (Å²) in [5.74, 6) is -0.497. The monoisotopic (exact) mass is 363 g/mol.